The standard InChI is InChI=1S/C16H20O2/c1-10-7-11(2)14-8-12(10)9-18-16(14)13-5-3-4-6-15(13)17/h3-7,10,12,14,16-17H,8-9H2,1-2H3/t10-,12+,14+,16+/m1/s1. The lowest BCUT2D eigenvalue weighted by Gasteiger charge is -2.42. The number of para-hydroxylation sites is 1. The molecule has 1 aliphatic carbocycles. The monoisotopic (exact) mass is 244 g/mol. The molecule has 18 heavy (non-hydrogen) atoms. The van der Waals surface area contributed by atoms with Crippen LogP contribution < -0.4 is 0 Å². The molecule has 2 heteroatoms. The lowest BCUT2D eigenvalue weighted by Crippen LogP contribution is -2.35. The van der Waals surface area contributed by atoms with Gasteiger partial charge in [-0.1, -0.05) is 36.8 Å². The quantitative estimate of drug-likeness (QED) is 0.764. The Bertz CT molecular complexity index is 478. The Morgan fingerprint density at radius 3 is 2.83 bits per heavy atom. The Morgan fingerprint density at radius 1 is 1.28 bits per heavy atom. The molecule has 0 aromatic heterocycles. The van der Waals surface area contributed by atoms with Crippen LogP contribution in [0.2, 0.25) is 0 Å². The van der Waals surface area contributed by atoms with Crippen molar-refractivity contribution in [3.8, 4) is 5.75 Å². The molecule has 96 valence electrons. The summed E-state index contributed by atoms with van der Waals surface area (Å²) in [4.78, 5) is 0. The predicted octanol–water partition coefficient (Wildman–Crippen LogP) is 3.68. The number of hydrogen-bond acceptors (Lipinski definition) is 2. The van der Waals surface area contributed by atoms with Crippen LogP contribution in [0.5, 0.6) is 5.75 Å². The highest BCUT2D eigenvalue weighted by Gasteiger charge is 2.38. The van der Waals surface area contributed by atoms with Gasteiger partial charge in [0.15, 0.2) is 0 Å². The Balaban J connectivity index is 1.96. The summed E-state index contributed by atoms with van der Waals surface area (Å²) in [5, 5.41) is 10.00. The van der Waals surface area contributed by atoms with Crippen molar-refractivity contribution >= 4 is 0 Å². The molecule has 2 bridgehead atoms. The minimum atomic E-state index is 0.0196. The van der Waals surface area contributed by atoms with Crippen molar-refractivity contribution in [1.82, 2.24) is 0 Å². The van der Waals surface area contributed by atoms with Gasteiger partial charge in [-0.15, -0.1) is 0 Å². The predicted molar refractivity (Wildman–Crippen MR) is 71.3 cm³/mol. The van der Waals surface area contributed by atoms with Gasteiger partial charge in [0, 0.05) is 11.5 Å². The first-order valence-corrected chi connectivity index (χ1v) is 6.74. The summed E-state index contributed by atoms with van der Waals surface area (Å²) >= 11 is 0. The second-order valence-corrected chi connectivity index (χ2v) is 5.68. The Kier molecular flexibility index (Phi) is 2.90. The SMILES string of the molecule is CC1=C[C@@H](C)[C@@H]2CO[C@@H](c3ccccc3O)[C@H]1C2. The molecule has 0 amide bonds. The van der Waals surface area contributed by atoms with E-state index in [0.29, 0.717) is 23.5 Å². The molecule has 0 unspecified atom stereocenters. The van der Waals surface area contributed by atoms with Gasteiger partial charge in [0.2, 0.25) is 0 Å². The smallest absolute Gasteiger partial charge is 0.121 e. The summed E-state index contributed by atoms with van der Waals surface area (Å²) in [6.07, 6.45) is 3.59. The zero-order chi connectivity index (χ0) is 12.7. The van der Waals surface area contributed by atoms with Gasteiger partial charge in [-0.05, 0) is 31.2 Å². The normalized spacial score (nSPS) is 35.1. The number of phenolic OH excluding ortho intramolecular Hbond substituents is 1. The van der Waals surface area contributed by atoms with Crippen LogP contribution in [0.4, 0.5) is 0 Å². The number of allylic oxidation sites excluding steroid dienone is 1. The molecule has 0 radical (unpaired) electrons. The minimum Gasteiger partial charge on any atom is -0.508 e. The van der Waals surface area contributed by atoms with Crippen molar-refractivity contribution in [2.75, 3.05) is 6.61 Å². The zero-order valence-corrected chi connectivity index (χ0v) is 11.0. The molecule has 4 atom stereocenters. The van der Waals surface area contributed by atoms with Gasteiger partial charge in [0.05, 0.1) is 12.7 Å². The van der Waals surface area contributed by atoms with E-state index in [9.17, 15) is 5.11 Å². The molecule has 0 spiro atoms. The summed E-state index contributed by atoms with van der Waals surface area (Å²) in [6, 6.07) is 7.55. The fraction of sp³-hybridized carbons (Fsp3) is 0.500. The van der Waals surface area contributed by atoms with Gasteiger partial charge in [0.1, 0.15) is 5.75 Å². The molecule has 1 aromatic carbocycles. The van der Waals surface area contributed by atoms with Gasteiger partial charge in [-0.2, -0.15) is 0 Å². The van der Waals surface area contributed by atoms with Crippen molar-refractivity contribution in [2.24, 2.45) is 17.8 Å². The van der Waals surface area contributed by atoms with Crippen LogP contribution in [0, 0.1) is 17.8 Å². The summed E-state index contributed by atoms with van der Waals surface area (Å²) in [5.41, 5.74) is 2.34. The molecule has 2 nitrogen and oxygen atoms in total. The van der Waals surface area contributed by atoms with Gasteiger partial charge >= 0.3 is 0 Å². The van der Waals surface area contributed by atoms with Crippen molar-refractivity contribution in [1.29, 1.82) is 0 Å². The lowest BCUT2D eigenvalue weighted by atomic mass is 9.71. The van der Waals surface area contributed by atoms with E-state index < -0.39 is 0 Å². The molecule has 1 saturated heterocycles. The third kappa shape index (κ3) is 1.85. The topological polar surface area (TPSA) is 29.5 Å². The minimum absolute atomic E-state index is 0.0196. The molecule has 1 aliphatic heterocycles. The Morgan fingerprint density at radius 2 is 2.06 bits per heavy atom. The van der Waals surface area contributed by atoms with Crippen molar-refractivity contribution in [2.45, 2.75) is 26.4 Å². The van der Waals surface area contributed by atoms with E-state index in [4.69, 9.17) is 4.74 Å². The van der Waals surface area contributed by atoms with Crippen LogP contribution in [0.25, 0.3) is 0 Å². The number of rotatable bonds is 1. The summed E-state index contributed by atoms with van der Waals surface area (Å²) in [6.45, 7) is 5.27. The largest absolute Gasteiger partial charge is 0.508 e. The molecular weight excluding hydrogens is 224 g/mol. The number of ether oxygens (including phenoxy) is 1. The fourth-order valence-electron chi connectivity index (χ4n) is 3.36. The van der Waals surface area contributed by atoms with Crippen molar-refractivity contribution in [3.63, 3.8) is 0 Å². The van der Waals surface area contributed by atoms with Crippen molar-refractivity contribution < 1.29 is 9.84 Å². The molecule has 3 rings (SSSR count). The highest BCUT2D eigenvalue weighted by Crippen LogP contribution is 2.47. The fourth-order valence-corrected chi connectivity index (χ4v) is 3.36. The second-order valence-electron chi connectivity index (χ2n) is 5.68. The second kappa shape index (κ2) is 4.43. The maximum Gasteiger partial charge on any atom is 0.121 e. The molecule has 1 N–H and O–H groups in total. The molecule has 0 saturated carbocycles. The molecule has 2 aliphatic rings. The van der Waals surface area contributed by atoms with Crippen LogP contribution >= 0.6 is 0 Å². The maximum atomic E-state index is 10.00. The molecule has 1 fully saturated rings. The molecular formula is C16H20O2. The molecule has 1 heterocycles. The number of benzene rings is 1. The summed E-state index contributed by atoms with van der Waals surface area (Å²) < 4.78 is 6.05. The first-order valence-electron chi connectivity index (χ1n) is 6.74. The first-order chi connectivity index (χ1) is 8.66. The number of fused-ring (bicyclic) bond motifs is 2. The first kappa shape index (κ1) is 11.8. The third-order valence-electron chi connectivity index (χ3n) is 4.51. The highest BCUT2D eigenvalue weighted by molar-refractivity contribution is 5.36. The maximum absolute atomic E-state index is 10.00. The number of aromatic hydroxyl groups is 1. The number of hydrogen-bond donors (Lipinski definition) is 1. The van der Waals surface area contributed by atoms with Gasteiger partial charge in [0.25, 0.3) is 0 Å². The van der Waals surface area contributed by atoms with Gasteiger partial charge in [-0.3, -0.25) is 0 Å². The van der Waals surface area contributed by atoms with Crippen LogP contribution in [0.1, 0.15) is 31.9 Å². The van der Waals surface area contributed by atoms with E-state index in [1.165, 1.54) is 12.0 Å². The molecule has 1 aromatic rings. The van der Waals surface area contributed by atoms with Crippen LogP contribution in [0.3, 0.4) is 0 Å². The Hall–Kier alpha value is -1.28. The van der Waals surface area contributed by atoms with Crippen LogP contribution in [-0.4, -0.2) is 11.7 Å². The van der Waals surface area contributed by atoms with Gasteiger partial charge in [-0.25, -0.2) is 0 Å². The van der Waals surface area contributed by atoms with E-state index in [2.05, 4.69) is 19.9 Å². The number of phenols is 1. The average Bonchev–Trinajstić information content (AvgIpc) is 2.37. The van der Waals surface area contributed by atoms with E-state index in [1.807, 2.05) is 18.2 Å². The van der Waals surface area contributed by atoms with E-state index in [-0.39, 0.29) is 6.10 Å². The average molecular weight is 244 g/mol. The third-order valence-corrected chi connectivity index (χ3v) is 4.51. The summed E-state index contributed by atoms with van der Waals surface area (Å²) in [7, 11) is 0. The Labute approximate surface area is 108 Å². The summed E-state index contributed by atoms with van der Waals surface area (Å²) in [5.74, 6) is 2.04. The van der Waals surface area contributed by atoms with E-state index in [0.717, 1.165) is 12.2 Å². The van der Waals surface area contributed by atoms with E-state index in [1.54, 1.807) is 6.07 Å². The lowest BCUT2D eigenvalue weighted by molar-refractivity contribution is -0.0627. The van der Waals surface area contributed by atoms with Crippen molar-refractivity contribution in [3.05, 3.63) is 41.5 Å². The van der Waals surface area contributed by atoms with Crippen LogP contribution in [0.15, 0.2) is 35.9 Å². The van der Waals surface area contributed by atoms with Gasteiger partial charge < -0.3 is 9.84 Å². The van der Waals surface area contributed by atoms with Crippen LogP contribution in [-0.2, 0) is 4.74 Å². The van der Waals surface area contributed by atoms with E-state index >= 15 is 0 Å². The zero-order valence-electron chi connectivity index (χ0n) is 11.0. The highest BCUT2D eigenvalue weighted by atomic mass is 16.5.